The van der Waals surface area contributed by atoms with E-state index in [0.29, 0.717) is 17.9 Å². The van der Waals surface area contributed by atoms with Crippen molar-refractivity contribution in [2.75, 3.05) is 32.9 Å². The number of likely N-dealkylation sites (N-methyl/N-ethyl adjacent to an activating group) is 1. The normalized spacial score (nSPS) is 23.6. The second-order valence-electron chi connectivity index (χ2n) is 6.17. The minimum absolute atomic E-state index is 0. The summed E-state index contributed by atoms with van der Waals surface area (Å²) in [7, 11) is 3.52. The number of fused-ring (bicyclic) bond motifs is 1. The van der Waals surface area contributed by atoms with Gasteiger partial charge in [0.05, 0.1) is 32.3 Å². The van der Waals surface area contributed by atoms with E-state index in [-0.39, 0.29) is 46.1 Å². The molecule has 0 radical (unpaired) electrons. The summed E-state index contributed by atoms with van der Waals surface area (Å²) in [5, 5.41) is 19.9. The number of allylic oxidation sites excluding steroid dienone is 1. The quantitative estimate of drug-likeness (QED) is 0.278. The summed E-state index contributed by atoms with van der Waals surface area (Å²) in [5.74, 6) is -2.33. The molecule has 1 fully saturated rings. The largest absolute Gasteiger partial charge is 0.543 e. The first-order chi connectivity index (χ1) is 10.6. The molecule has 8 nitrogen and oxygen atoms in total. The number of β-lactam (4-membered cyclic amide) rings is 1. The molecule has 0 saturated carbocycles. The van der Waals surface area contributed by atoms with Crippen molar-refractivity contribution in [3.8, 4) is 0 Å². The van der Waals surface area contributed by atoms with Crippen molar-refractivity contribution >= 4 is 53.6 Å². The number of nitrogens with zero attached hydrogens (tertiary/aromatic N) is 2. The van der Waals surface area contributed by atoms with Crippen molar-refractivity contribution in [2.45, 2.75) is 11.4 Å². The average molecular weight is 469 g/mol. The molecule has 0 aromatic carbocycles. The minimum atomic E-state index is -1.41. The Bertz CT molecular complexity index is 620. The van der Waals surface area contributed by atoms with Crippen LogP contribution in [0, 0.1) is 0 Å². The van der Waals surface area contributed by atoms with Crippen molar-refractivity contribution in [2.24, 2.45) is 5.73 Å². The number of carboxylic acid groups (broad SMARTS) is 2. The molecule has 2 rings (SSSR count). The average Bonchev–Trinajstić information content (AvgIpc) is 2.43. The summed E-state index contributed by atoms with van der Waals surface area (Å²) in [6, 6.07) is -0.675. The first-order valence-corrected chi connectivity index (χ1v) is 8.04. The highest BCUT2D eigenvalue weighted by molar-refractivity contribution is 14.0. The van der Waals surface area contributed by atoms with E-state index < -0.39 is 23.9 Å². The second kappa shape index (κ2) is 7.85. The summed E-state index contributed by atoms with van der Waals surface area (Å²) in [5.41, 5.74) is 6.00. The van der Waals surface area contributed by atoms with Crippen LogP contribution in [0.1, 0.15) is 0 Å². The van der Waals surface area contributed by atoms with E-state index in [2.05, 4.69) is 0 Å². The van der Waals surface area contributed by atoms with Crippen LogP contribution in [0.5, 0.6) is 0 Å². The van der Waals surface area contributed by atoms with Crippen molar-refractivity contribution in [3.05, 3.63) is 23.4 Å². The molecule has 0 aliphatic carbocycles. The number of carbonyl (C=O) groups is 3. The van der Waals surface area contributed by atoms with Gasteiger partial charge in [-0.15, -0.1) is 35.7 Å². The second-order valence-corrected chi connectivity index (χ2v) is 7.27. The highest BCUT2D eigenvalue weighted by Crippen LogP contribution is 2.39. The molecule has 0 bridgehead atoms. The van der Waals surface area contributed by atoms with E-state index in [1.807, 2.05) is 0 Å². The van der Waals surface area contributed by atoms with Crippen LogP contribution in [0.15, 0.2) is 23.4 Å². The molecular formula is C14H20IN3O5S. The molecule has 2 aliphatic rings. The lowest BCUT2D eigenvalue weighted by Gasteiger charge is -2.49. The van der Waals surface area contributed by atoms with Gasteiger partial charge in [-0.1, -0.05) is 6.08 Å². The minimum Gasteiger partial charge on any atom is -0.543 e. The zero-order valence-electron chi connectivity index (χ0n) is 13.3. The van der Waals surface area contributed by atoms with Gasteiger partial charge in [-0.25, -0.2) is 4.79 Å². The lowest BCUT2D eigenvalue weighted by molar-refractivity contribution is -0.877. The zero-order chi connectivity index (χ0) is 17.4. The zero-order valence-corrected chi connectivity index (χ0v) is 16.4. The maximum atomic E-state index is 11.8. The SMILES string of the molecule is C[N+](C)(CC=CC1=C(C(=O)[O-])N2C(=O)[C@@H](N)[C@H]2SC1)CC(=O)O.I. The third kappa shape index (κ3) is 4.29. The number of rotatable bonds is 6. The highest BCUT2D eigenvalue weighted by atomic mass is 127. The Morgan fingerprint density at radius 1 is 1.50 bits per heavy atom. The predicted molar refractivity (Wildman–Crippen MR) is 97.1 cm³/mol. The smallest absolute Gasteiger partial charge is 0.359 e. The number of nitrogens with two attached hydrogens (primary N) is 1. The highest BCUT2D eigenvalue weighted by Gasteiger charge is 2.49. The van der Waals surface area contributed by atoms with Crippen LogP contribution in [0.3, 0.4) is 0 Å². The maximum Gasteiger partial charge on any atom is 0.359 e. The van der Waals surface area contributed by atoms with Gasteiger partial charge in [-0.2, -0.15) is 0 Å². The van der Waals surface area contributed by atoms with Crippen molar-refractivity contribution < 1.29 is 29.1 Å². The summed E-state index contributed by atoms with van der Waals surface area (Å²) in [6.07, 6.45) is 3.33. The summed E-state index contributed by atoms with van der Waals surface area (Å²) < 4.78 is 0.225. The third-order valence-corrected chi connectivity index (χ3v) is 5.04. The van der Waals surface area contributed by atoms with E-state index in [4.69, 9.17) is 10.8 Å². The number of aliphatic carboxylic acids is 2. The number of thioether (sulfide) groups is 1. The van der Waals surface area contributed by atoms with E-state index in [9.17, 15) is 19.5 Å². The van der Waals surface area contributed by atoms with E-state index >= 15 is 0 Å². The topological polar surface area (TPSA) is 124 Å². The van der Waals surface area contributed by atoms with Gasteiger partial charge in [0.25, 0.3) is 0 Å². The number of quaternary nitrogens is 1. The van der Waals surface area contributed by atoms with Gasteiger partial charge in [0, 0.05) is 5.75 Å². The van der Waals surface area contributed by atoms with Gasteiger partial charge in [0.15, 0.2) is 6.54 Å². The first-order valence-electron chi connectivity index (χ1n) is 6.99. The molecule has 0 aromatic rings. The number of carbonyl (C=O) groups excluding carboxylic acids is 2. The molecule has 24 heavy (non-hydrogen) atoms. The number of carboxylic acids is 2. The fraction of sp³-hybridized carbons (Fsp3) is 0.500. The Morgan fingerprint density at radius 3 is 2.67 bits per heavy atom. The Labute approximate surface area is 161 Å². The fourth-order valence-electron chi connectivity index (χ4n) is 2.57. The number of hydrogen-bond donors (Lipinski definition) is 2. The molecule has 2 aliphatic heterocycles. The third-order valence-electron chi connectivity index (χ3n) is 3.71. The molecule has 1 saturated heterocycles. The van der Waals surface area contributed by atoms with Gasteiger partial charge in [-0.3, -0.25) is 9.69 Å². The molecule has 1 amide bonds. The fourth-order valence-corrected chi connectivity index (χ4v) is 3.83. The van der Waals surface area contributed by atoms with Gasteiger partial charge >= 0.3 is 5.97 Å². The first kappa shape index (κ1) is 20.9. The van der Waals surface area contributed by atoms with Crippen LogP contribution in [0.2, 0.25) is 0 Å². The monoisotopic (exact) mass is 469 g/mol. The van der Waals surface area contributed by atoms with Gasteiger partial charge < -0.3 is 25.2 Å². The summed E-state index contributed by atoms with van der Waals surface area (Å²) in [6.45, 7) is 0.366. The molecule has 2 heterocycles. The van der Waals surface area contributed by atoms with Crippen LogP contribution >= 0.6 is 35.7 Å². The molecule has 3 N–H and O–H groups in total. The van der Waals surface area contributed by atoms with Crippen LogP contribution in [-0.2, 0) is 14.4 Å². The van der Waals surface area contributed by atoms with E-state index in [1.165, 1.54) is 16.7 Å². The van der Waals surface area contributed by atoms with E-state index in [1.54, 1.807) is 26.2 Å². The van der Waals surface area contributed by atoms with Gasteiger partial charge in [0.2, 0.25) is 5.91 Å². The Kier molecular flexibility index (Phi) is 6.84. The Hall–Kier alpha value is -1.11. The van der Waals surface area contributed by atoms with Crippen molar-refractivity contribution in [3.63, 3.8) is 0 Å². The number of amides is 1. The molecular weight excluding hydrogens is 449 g/mol. The number of hydrogen-bond acceptors (Lipinski definition) is 6. The van der Waals surface area contributed by atoms with Crippen LogP contribution < -0.4 is 10.8 Å². The molecule has 134 valence electrons. The van der Waals surface area contributed by atoms with Crippen LogP contribution in [-0.4, -0.2) is 76.7 Å². The van der Waals surface area contributed by atoms with Gasteiger partial charge in [-0.05, 0) is 11.6 Å². The summed E-state index contributed by atoms with van der Waals surface area (Å²) in [4.78, 5) is 35.1. The molecule has 0 aromatic heterocycles. The molecule has 2 atom stereocenters. The Balaban J connectivity index is 0.00000288. The predicted octanol–water partition coefficient (Wildman–Crippen LogP) is -1.43. The summed E-state index contributed by atoms with van der Waals surface area (Å²) >= 11 is 1.40. The molecule has 0 spiro atoms. The van der Waals surface area contributed by atoms with Crippen molar-refractivity contribution in [1.82, 2.24) is 4.90 Å². The standard InChI is InChI=1S/C14H19N3O5S.HI/c1-17(2,6-9(18)19)5-3-4-8-7-23-13-10(15)12(20)16(13)11(8)14(21)22;/h3-4,10,13H,5-7,15H2,1-2H3,(H-,18,19,21,22);1H/t10-,13-;/m1./s1. The van der Waals surface area contributed by atoms with Gasteiger partial charge in [0.1, 0.15) is 11.4 Å². The molecule has 10 heteroatoms. The number of halogens is 1. The van der Waals surface area contributed by atoms with Crippen LogP contribution in [0.25, 0.3) is 0 Å². The van der Waals surface area contributed by atoms with Crippen LogP contribution in [0.4, 0.5) is 0 Å². The Morgan fingerprint density at radius 2 is 2.12 bits per heavy atom. The van der Waals surface area contributed by atoms with E-state index in [0.717, 1.165) is 0 Å². The lowest BCUT2D eigenvalue weighted by Crippen LogP contribution is -2.69. The lowest BCUT2D eigenvalue weighted by atomic mass is 10.0. The molecule has 0 unspecified atom stereocenters. The maximum absolute atomic E-state index is 11.8. The van der Waals surface area contributed by atoms with Crippen molar-refractivity contribution in [1.29, 1.82) is 0 Å².